The molecule has 0 fully saturated rings. The second-order valence-corrected chi connectivity index (χ2v) is 5.20. The highest BCUT2D eigenvalue weighted by Gasteiger charge is 2.18. The highest BCUT2D eigenvalue weighted by molar-refractivity contribution is 5.51. The Kier molecular flexibility index (Phi) is 3.07. The number of furan rings is 1. The van der Waals surface area contributed by atoms with Crippen LogP contribution in [0.15, 0.2) is 22.7 Å². The van der Waals surface area contributed by atoms with Gasteiger partial charge in [-0.25, -0.2) is 4.98 Å². The number of aromatic amines is 1. The molecule has 0 radical (unpaired) electrons. The third kappa shape index (κ3) is 2.77. The normalized spacial score (nSPS) is 12.0. The average molecular weight is 233 g/mol. The van der Waals surface area contributed by atoms with Crippen LogP contribution in [-0.4, -0.2) is 16.5 Å². The molecule has 0 atom stereocenters. The van der Waals surface area contributed by atoms with E-state index in [0.29, 0.717) is 6.54 Å². The number of rotatable bonds is 4. The summed E-state index contributed by atoms with van der Waals surface area (Å²) < 4.78 is 5.54. The van der Waals surface area contributed by atoms with E-state index >= 15 is 0 Å². The van der Waals surface area contributed by atoms with Gasteiger partial charge in [-0.15, -0.1) is 0 Å². The average Bonchev–Trinajstić information content (AvgIpc) is 2.86. The molecule has 2 rings (SSSR count). The Morgan fingerprint density at radius 2 is 2.18 bits per heavy atom. The molecule has 17 heavy (non-hydrogen) atoms. The number of imidazole rings is 1. The molecule has 3 N–H and O–H groups in total. The van der Waals surface area contributed by atoms with E-state index in [1.165, 1.54) is 0 Å². The smallest absolute Gasteiger partial charge is 0.152 e. The third-order valence-corrected chi connectivity index (χ3v) is 2.83. The van der Waals surface area contributed by atoms with Crippen molar-refractivity contribution in [2.24, 2.45) is 11.1 Å². The lowest BCUT2D eigenvalue weighted by Crippen LogP contribution is -2.26. The van der Waals surface area contributed by atoms with Crippen molar-refractivity contribution in [3.8, 4) is 11.5 Å². The Labute approximate surface area is 101 Å². The van der Waals surface area contributed by atoms with Gasteiger partial charge >= 0.3 is 0 Å². The quantitative estimate of drug-likeness (QED) is 0.852. The first-order chi connectivity index (χ1) is 8.00. The van der Waals surface area contributed by atoms with Gasteiger partial charge in [-0.2, -0.15) is 0 Å². The topological polar surface area (TPSA) is 67.8 Å². The lowest BCUT2D eigenvalue weighted by atomic mass is 9.89. The number of hydrogen-bond donors (Lipinski definition) is 2. The van der Waals surface area contributed by atoms with Gasteiger partial charge in [0, 0.05) is 6.42 Å². The van der Waals surface area contributed by atoms with Crippen molar-refractivity contribution in [1.82, 2.24) is 9.97 Å². The molecule has 92 valence electrons. The first-order valence-corrected chi connectivity index (χ1v) is 5.81. The third-order valence-electron chi connectivity index (χ3n) is 2.83. The molecule has 0 saturated carbocycles. The number of aryl methyl sites for hydroxylation is 1. The summed E-state index contributed by atoms with van der Waals surface area (Å²) in [6.07, 6.45) is 2.64. The molecule has 2 aromatic heterocycles. The van der Waals surface area contributed by atoms with E-state index in [2.05, 4.69) is 23.8 Å². The van der Waals surface area contributed by atoms with Gasteiger partial charge in [0.05, 0.1) is 6.20 Å². The molecular formula is C13H19N3O. The predicted octanol–water partition coefficient (Wildman–Crippen LogP) is 2.51. The van der Waals surface area contributed by atoms with Crippen LogP contribution in [0.2, 0.25) is 0 Å². The van der Waals surface area contributed by atoms with Crippen LogP contribution >= 0.6 is 0 Å². The first kappa shape index (κ1) is 11.9. The fourth-order valence-corrected chi connectivity index (χ4v) is 1.68. The SMILES string of the molecule is Cc1ccc(-c2cnc(CC(C)(C)CN)[nH]2)o1. The van der Waals surface area contributed by atoms with Gasteiger partial charge in [-0.05, 0) is 31.0 Å². The van der Waals surface area contributed by atoms with Crippen molar-refractivity contribution in [2.75, 3.05) is 6.54 Å². The van der Waals surface area contributed by atoms with Gasteiger partial charge in [-0.1, -0.05) is 13.8 Å². The first-order valence-electron chi connectivity index (χ1n) is 5.81. The van der Waals surface area contributed by atoms with Gasteiger partial charge in [0.2, 0.25) is 0 Å². The minimum absolute atomic E-state index is 0.0637. The minimum atomic E-state index is 0.0637. The van der Waals surface area contributed by atoms with Gasteiger partial charge in [0.25, 0.3) is 0 Å². The number of nitrogens with one attached hydrogen (secondary N) is 1. The Balaban J connectivity index is 2.16. The highest BCUT2D eigenvalue weighted by Crippen LogP contribution is 2.23. The van der Waals surface area contributed by atoms with Crippen molar-refractivity contribution < 1.29 is 4.42 Å². The van der Waals surface area contributed by atoms with Crippen molar-refractivity contribution in [2.45, 2.75) is 27.2 Å². The summed E-state index contributed by atoms with van der Waals surface area (Å²) >= 11 is 0. The molecule has 0 aliphatic rings. The summed E-state index contributed by atoms with van der Waals surface area (Å²) in [5.41, 5.74) is 6.70. The molecule has 0 saturated heterocycles. The molecule has 2 heterocycles. The van der Waals surface area contributed by atoms with Gasteiger partial charge in [0.1, 0.15) is 17.3 Å². The Bertz CT molecular complexity index is 496. The van der Waals surface area contributed by atoms with E-state index in [1.54, 1.807) is 6.20 Å². The number of hydrogen-bond acceptors (Lipinski definition) is 3. The van der Waals surface area contributed by atoms with E-state index < -0.39 is 0 Å². The van der Waals surface area contributed by atoms with Crippen LogP contribution < -0.4 is 5.73 Å². The minimum Gasteiger partial charge on any atom is -0.460 e. The largest absolute Gasteiger partial charge is 0.460 e. The molecule has 4 heteroatoms. The van der Waals surface area contributed by atoms with E-state index in [1.807, 2.05) is 19.1 Å². The van der Waals surface area contributed by atoms with Gasteiger partial charge in [0.15, 0.2) is 5.76 Å². The molecule has 0 unspecified atom stereocenters. The fourth-order valence-electron chi connectivity index (χ4n) is 1.68. The van der Waals surface area contributed by atoms with E-state index in [4.69, 9.17) is 10.2 Å². The van der Waals surface area contributed by atoms with Crippen LogP contribution in [0.3, 0.4) is 0 Å². The zero-order valence-corrected chi connectivity index (χ0v) is 10.6. The molecule has 0 aliphatic heterocycles. The molecular weight excluding hydrogens is 214 g/mol. The van der Waals surface area contributed by atoms with Crippen LogP contribution in [0, 0.1) is 12.3 Å². The van der Waals surface area contributed by atoms with Gasteiger partial charge in [-0.3, -0.25) is 0 Å². The monoisotopic (exact) mass is 233 g/mol. The Morgan fingerprint density at radius 3 is 2.76 bits per heavy atom. The summed E-state index contributed by atoms with van der Waals surface area (Å²) in [5, 5.41) is 0. The molecule has 4 nitrogen and oxygen atoms in total. The number of aromatic nitrogens is 2. The van der Waals surface area contributed by atoms with Crippen LogP contribution in [0.5, 0.6) is 0 Å². The molecule has 0 amide bonds. The Hall–Kier alpha value is -1.55. The molecule has 0 bridgehead atoms. The molecule has 0 aliphatic carbocycles. The van der Waals surface area contributed by atoms with Crippen molar-refractivity contribution in [3.05, 3.63) is 29.9 Å². The maximum Gasteiger partial charge on any atom is 0.152 e. The second kappa shape index (κ2) is 4.37. The maximum absolute atomic E-state index is 5.72. The zero-order chi connectivity index (χ0) is 12.5. The van der Waals surface area contributed by atoms with Crippen LogP contribution in [0.4, 0.5) is 0 Å². The standard InChI is InChI=1S/C13H19N3O/c1-9-4-5-11(17-9)10-7-15-12(16-10)6-13(2,3)8-14/h4-5,7H,6,8,14H2,1-3H3,(H,15,16). The Morgan fingerprint density at radius 1 is 1.41 bits per heavy atom. The molecule has 0 spiro atoms. The summed E-state index contributed by atoms with van der Waals surface area (Å²) in [6, 6.07) is 3.89. The number of nitrogens with two attached hydrogens (primary N) is 1. The summed E-state index contributed by atoms with van der Waals surface area (Å²) in [4.78, 5) is 7.64. The number of H-pyrrole nitrogens is 1. The fraction of sp³-hybridized carbons (Fsp3) is 0.462. The van der Waals surface area contributed by atoms with Crippen molar-refractivity contribution in [1.29, 1.82) is 0 Å². The summed E-state index contributed by atoms with van der Waals surface area (Å²) in [7, 11) is 0. The van der Waals surface area contributed by atoms with Crippen LogP contribution in [0.1, 0.15) is 25.4 Å². The predicted molar refractivity (Wildman–Crippen MR) is 67.6 cm³/mol. The second-order valence-electron chi connectivity index (χ2n) is 5.20. The van der Waals surface area contributed by atoms with Crippen LogP contribution in [-0.2, 0) is 6.42 Å². The van der Waals surface area contributed by atoms with Crippen molar-refractivity contribution in [3.63, 3.8) is 0 Å². The summed E-state index contributed by atoms with van der Waals surface area (Å²) in [6.45, 7) is 6.83. The van der Waals surface area contributed by atoms with Gasteiger partial charge < -0.3 is 15.1 Å². The lowest BCUT2D eigenvalue weighted by molar-refractivity contribution is 0.369. The van der Waals surface area contributed by atoms with Crippen LogP contribution in [0.25, 0.3) is 11.5 Å². The lowest BCUT2D eigenvalue weighted by Gasteiger charge is -2.20. The van der Waals surface area contributed by atoms with Crippen molar-refractivity contribution >= 4 is 0 Å². The summed E-state index contributed by atoms with van der Waals surface area (Å²) in [5.74, 6) is 2.68. The highest BCUT2D eigenvalue weighted by atomic mass is 16.3. The van der Waals surface area contributed by atoms with E-state index in [9.17, 15) is 0 Å². The number of nitrogens with zero attached hydrogens (tertiary/aromatic N) is 1. The van der Waals surface area contributed by atoms with E-state index in [-0.39, 0.29) is 5.41 Å². The molecule has 2 aromatic rings. The maximum atomic E-state index is 5.72. The van der Waals surface area contributed by atoms with E-state index in [0.717, 1.165) is 29.5 Å². The molecule has 0 aromatic carbocycles. The zero-order valence-electron chi connectivity index (χ0n) is 10.6.